The van der Waals surface area contributed by atoms with Crippen LogP contribution in [0.2, 0.25) is 0 Å². The van der Waals surface area contributed by atoms with E-state index in [0.29, 0.717) is 17.3 Å². The molecule has 1 aliphatic carbocycles. The van der Waals surface area contributed by atoms with Crippen LogP contribution < -0.4 is 5.32 Å². The number of aromatic nitrogens is 1. The Morgan fingerprint density at radius 3 is 2.90 bits per heavy atom. The molecule has 114 valence electrons. The lowest BCUT2D eigenvalue weighted by Gasteiger charge is -2.29. The number of carbonyl (C=O) groups is 1. The Morgan fingerprint density at radius 1 is 1.43 bits per heavy atom. The standard InChI is InChI=1S/C16H23N3O2/c1-19-7-5-11(6-8-19)10-17-15-13(16(20)21)9-12-3-2-4-14(12)18-15/h9,11H,2-8,10H2,1H3,(H,17,18)(H,20,21). The van der Waals surface area contributed by atoms with Crippen molar-refractivity contribution in [1.82, 2.24) is 9.88 Å². The zero-order chi connectivity index (χ0) is 14.8. The van der Waals surface area contributed by atoms with Gasteiger partial charge in [0.1, 0.15) is 11.4 Å². The number of aromatic carboxylic acids is 1. The Hall–Kier alpha value is -1.62. The van der Waals surface area contributed by atoms with Gasteiger partial charge in [0.05, 0.1) is 0 Å². The monoisotopic (exact) mass is 289 g/mol. The number of nitrogens with zero attached hydrogens (tertiary/aromatic N) is 2. The Labute approximate surface area is 125 Å². The van der Waals surface area contributed by atoms with Gasteiger partial charge in [0.2, 0.25) is 0 Å². The number of aryl methyl sites for hydroxylation is 2. The van der Waals surface area contributed by atoms with Crippen molar-refractivity contribution in [3.63, 3.8) is 0 Å². The fourth-order valence-electron chi connectivity index (χ4n) is 3.28. The van der Waals surface area contributed by atoms with Crippen LogP contribution in [-0.4, -0.2) is 47.6 Å². The van der Waals surface area contributed by atoms with Crippen LogP contribution in [0.1, 0.15) is 40.9 Å². The van der Waals surface area contributed by atoms with E-state index in [1.807, 2.05) is 6.07 Å². The molecule has 1 aromatic heterocycles. The summed E-state index contributed by atoms with van der Waals surface area (Å²) in [6.07, 6.45) is 5.34. The number of anilines is 1. The molecule has 2 N–H and O–H groups in total. The lowest BCUT2D eigenvalue weighted by atomic mass is 9.97. The molecule has 0 atom stereocenters. The zero-order valence-electron chi connectivity index (χ0n) is 12.6. The molecule has 1 saturated heterocycles. The van der Waals surface area contributed by atoms with Crippen molar-refractivity contribution in [3.05, 3.63) is 22.9 Å². The normalized spacial score (nSPS) is 19.5. The van der Waals surface area contributed by atoms with E-state index in [0.717, 1.165) is 63.0 Å². The van der Waals surface area contributed by atoms with E-state index in [2.05, 4.69) is 22.2 Å². The Kier molecular flexibility index (Phi) is 4.10. The van der Waals surface area contributed by atoms with Crippen molar-refractivity contribution in [1.29, 1.82) is 0 Å². The van der Waals surface area contributed by atoms with Crippen LogP contribution in [0.25, 0.3) is 0 Å². The van der Waals surface area contributed by atoms with Crippen LogP contribution in [-0.2, 0) is 12.8 Å². The van der Waals surface area contributed by atoms with Crippen molar-refractivity contribution in [2.75, 3.05) is 32.0 Å². The smallest absolute Gasteiger partial charge is 0.339 e. The molecule has 0 radical (unpaired) electrons. The molecule has 1 aromatic rings. The minimum atomic E-state index is -0.886. The molecule has 3 rings (SSSR count). The summed E-state index contributed by atoms with van der Waals surface area (Å²) in [6, 6.07) is 1.81. The molecule has 0 spiro atoms. The maximum atomic E-state index is 11.4. The van der Waals surface area contributed by atoms with E-state index in [9.17, 15) is 9.90 Å². The molecular weight excluding hydrogens is 266 g/mol. The number of hydrogen-bond donors (Lipinski definition) is 2. The van der Waals surface area contributed by atoms with Crippen molar-refractivity contribution >= 4 is 11.8 Å². The molecule has 1 aliphatic heterocycles. The average Bonchev–Trinajstić information content (AvgIpc) is 2.92. The quantitative estimate of drug-likeness (QED) is 0.888. The molecule has 0 aromatic carbocycles. The molecule has 2 heterocycles. The van der Waals surface area contributed by atoms with Crippen molar-refractivity contribution < 1.29 is 9.90 Å². The summed E-state index contributed by atoms with van der Waals surface area (Å²) in [5.74, 6) is 0.281. The Balaban J connectivity index is 1.71. The Bertz CT molecular complexity index is 537. The van der Waals surface area contributed by atoms with Crippen molar-refractivity contribution in [2.24, 2.45) is 5.92 Å². The van der Waals surface area contributed by atoms with Gasteiger partial charge in [0.15, 0.2) is 0 Å². The summed E-state index contributed by atoms with van der Waals surface area (Å²) in [4.78, 5) is 18.3. The largest absolute Gasteiger partial charge is 0.478 e. The predicted octanol–water partition coefficient (Wildman–Crippen LogP) is 2.02. The third-order valence-corrected chi connectivity index (χ3v) is 4.68. The molecule has 21 heavy (non-hydrogen) atoms. The summed E-state index contributed by atoms with van der Waals surface area (Å²) >= 11 is 0. The van der Waals surface area contributed by atoms with Gasteiger partial charge in [0, 0.05) is 12.2 Å². The van der Waals surface area contributed by atoms with Gasteiger partial charge >= 0.3 is 5.97 Å². The molecule has 0 saturated carbocycles. The van der Waals surface area contributed by atoms with Gasteiger partial charge in [-0.25, -0.2) is 9.78 Å². The second kappa shape index (κ2) is 6.02. The van der Waals surface area contributed by atoms with Crippen LogP contribution in [0.15, 0.2) is 6.07 Å². The summed E-state index contributed by atoms with van der Waals surface area (Å²) in [7, 11) is 2.15. The average molecular weight is 289 g/mol. The highest BCUT2D eigenvalue weighted by molar-refractivity contribution is 5.93. The number of nitrogens with one attached hydrogen (secondary N) is 1. The lowest BCUT2D eigenvalue weighted by molar-refractivity contribution is 0.0697. The number of carboxylic acids is 1. The number of piperidine rings is 1. The first-order valence-corrected chi connectivity index (χ1v) is 7.82. The van der Waals surface area contributed by atoms with Gasteiger partial charge in [-0.15, -0.1) is 0 Å². The molecule has 5 nitrogen and oxygen atoms in total. The van der Waals surface area contributed by atoms with Crippen LogP contribution >= 0.6 is 0 Å². The fraction of sp³-hybridized carbons (Fsp3) is 0.625. The fourth-order valence-corrected chi connectivity index (χ4v) is 3.28. The number of pyridine rings is 1. The molecule has 2 aliphatic rings. The first-order chi connectivity index (χ1) is 10.1. The van der Waals surface area contributed by atoms with Gasteiger partial charge in [-0.2, -0.15) is 0 Å². The minimum absolute atomic E-state index is 0.323. The van der Waals surface area contributed by atoms with Gasteiger partial charge < -0.3 is 15.3 Å². The highest BCUT2D eigenvalue weighted by Crippen LogP contribution is 2.26. The minimum Gasteiger partial charge on any atom is -0.478 e. The maximum absolute atomic E-state index is 11.4. The highest BCUT2D eigenvalue weighted by atomic mass is 16.4. The molecule has 0 amide bonds. The van der Waals surface area contributed by atoms with Gasteiger partial charge in [-0.05, 0) is 69.8 Å². The van der Waals surface area contributed by atoms with E-state index in [-0.39, 0.29) is 0 Å². The second-order valence-corrected chi connectivity index (χ2v) is 6.28. The predicted molar refractivity (Wildman–Crippen MR) is 81.9 cm³/mol. The van der Waals surface area contributed by atoms with E-state index in [4.69, 9.17) is 0 Å². The number of carboxylic acid groups (broad SMARTS) is 1. The van der Waals surface area contributed by atoms with Gasteiger partial charge in [0.25, 0.3) is 0 Å². The number of likely N-dealkylation sites (tertiary alicyclic amines) is 1. The van der Waals surface area contributed by atoms with Crippen LogP contribution in [0.4, 0.5) is 5.82 Å². The molecular formula is C16H23N3O2. The van der Waals surface area contributed by atoms with E-state index in [1.54, 1.807) is 0 Å². The van der Waals surface area contributed by atoms with E-state index >= 15 is 0 Å². The molecule has 0 unspecified atom stereocenters. The summed E-state index contributed by atoms with van der Waals surface area (Å²) in [5.41, 5.74) is 2.51. The van der Waals surface area contributed by atoms with Crippen LogP contribution in [0.3, 0.4) is 0 Å². The third kappa shape index (κ3) is 3.18. The van der Waals surface area contributed by atoms with Crippen molar-refractivity contribution in [3.8, 4) is 0 Å². The first-order valence-electron chi connectivity index (χ1n) is 7.82. The molecule has 0 bridgehead atoms. The third-order valence-electron chi connectivity index (χ3n) is 4.68. The highest BCUT2D eigenvalue weighted by Gasteiger charge is 2.21. The second-order valence-electron chi connectivity index (χ2n) is 6.28. The van der Waals surface area contributed by atoms with E-state index < -0.39 is 5.97 Å². The number of hydrogen-bond acceptors (Lipinski definition) is 4. The van der Waals surface area contributed by atoms with Gasteiger partial charge in [-0.1, -0.05) is 0 Å². The van der Waals surface area contributed by atoms with E-state index in [1.165, 1.54) is 0 Å². The van der Waals surface area contributed by atoms with Crippen LogP contribution in [0, 0.1) is 5.92 Å². The molecule has 5 heteroatoms. The lowest BCUT2D eigenvalue weighted by Crippen LogP contribution is -2.33. The number of fused-ring (bicyclic) bond motifs is 1. The zero-order valence-corrected chi connectivity index (χ0v) is 12.6. The SMILES string of the molecule is CN1CCC(CNc2nc3c(cc2C(=O)O)CCC3)CC1. The topological polar surface area (TPSA) is 65.5 Å². The van der Waals surface area contributed by atoms with Crippen LogP contribution in [0.5, 0.6) is 0 Å². The van der Waals surface area contributed by atoms with Crippen molar-refractivity contribution in [2.45, 2.75) is 32.1 Å². The molecule has 1 fully saturated rings. The Morgan fingerprint density at radius 2 is 2.19 bits per heavy atom. The maximum Gasteiger partial charge on any atom is 0.339 e. The summed E-state index contributed by atoms with van der Waals surface area (Å²) in [5, 5.41) is 12.7. The summed E-state index contributed by atoms with van der Waals surface area (Å²) in [6.45, 7) is 3.06. The first kappa shape index (κ1) is 14.3. The number of rotatable bonds is 4. The summed E-state index contributed by atoms with van der Waals surface area (Å²) < 4.78 is 0. The van der Waals surface area contributed by atoms with Gasteiger partial charge in [-0.3, -0.25) is 0 Å².